The molecule has 0 saturated carbocycles. The van der Waals surface area contributed by atoms with E-state index in [4.69, 9.17) is 33.0 Å². The summed E-state index contributed by atoms with van der Waals surface area (Å²) in [6, 6.07) is 18.4. The number of carbonyl (C=O) groups is 1. The Morgan fingerprint density at radius 2 is 1.71 bits per heavy atom. The van der Waals surface area contributed by atoms with Crippen molar-refractivity contribution < 1.29 is 19.2 Å². The highest BCUT2D eigenvalue weighted by atomic mass is 35.5. The van der Waals surface area contributed by atoms with Gasteiger partial charge in [0.15, 0.2) is 10.6 Å². The van der Waals surface area contributed by atoms with E-state index in [2.05, 4.69) is 4.98 Å². The van der Waals surface area contributed by atoms with Crippen LogP contribution in [0.1, 0.15) is 23.4 Å². The van der Waals surface area contributed by atoms with Crippen LogP contribution in [0.5, 0.6) is 5.75 Å². The van der Waals surface area contributed by atoms with Crippen molar-refractivity contribution in [1.82, 2.24) is 4.98 Å². The third-order valence-corrected chi connectivity index (χ3v) is 6.79. The van der Waals surface area contributed by atoms with Crippen LogP contribution in [0, 0.1) is 0 Å². The molecule has 1 atom stereocenters. The predicted molar refractivity (Wildman–Crippen MR) is 122 cm³/mol. The molecular formula is C23H21Cl2NO4S. The monoisotopic (exact) mass is 477 g/mol. The Hall–Kier alpha value is -2.25. The van der Waals surface area contributed by atoms with Crippen LogP contribution in [0.4, 0.5) is 0 Å². The second-order valence-corrected chi connectivity index (χ2v) is 8.97. The molecule has 0 bridgehead atoms. The molecule has 0 aliphatic rings. The second kappa shape index (κ2) is 11.4. The summed E-state index contributed by atoms with van der Waals surface area (Å²) in [5, 5.41) is 9.73. The van der Waals surface area contributed by atoms with Crippen LogP contribution in [-0.2, 0) is 34.6 Å². The van der Waals surface area contributed by atoms with Gasteiger partial charge in [0.25, 0.3) is 0 Å². The number of nitrogens with zero attached hydrogens (tertiary/aromatic N) is 1. The SMILES string of the molecule is O=C(O)CCc1nc(C[S+]([O-])c2c(Cl)cccc2Cl)ccc1OCCc1ccccc1. The molecule has 3 rings (SSSR count). The van der Waals surface area contributed by atoms with Crippen molar-refractivity contribution in [2.24, 2.45) is 0 Å². The van der Waals surface area contributed by atoms with Crippen LogP contribution in [0.15, 0.2) is 65.6 Å². The summed E-state index contributed by atoms with van der Waals surface area (Å²) in [7, 11) is 0. The maximum Gasteiger partial charge on any atom is 0.303 e. The van der Waals surface area contributed by atoms with Gasteiger partial charge in [-0.3, -0.25) is 4.79 Å². The average molecular weight is 478 g/mol. The van der Waals surface area contributed by atoms with Crippen LogP contribution >= 0.6 is 23.2 Å². The van der Waals surface area contributed by atoms with Gasteiger partial charge in [-0.05, 0) is 41.0 Å². The first-order chi connectivity index (χ1) is 14.9. The van der Waals surface area contributed by atoms with Gasteiger partial charge in [0.2, 0.25) is 0 Å². The molecule has 0 aliphatic heterocycles. The number of aliphatic carboxylic acids is 1. The van der Waals surface area contributed by atoms with Gasteiger partial charge in [-0.2, -0.15) is 0 Å². The number of rotatable bonds is 10. The maximum atomic E-state index is 12.8. The molecule has 0 fully saturated rings. The van der Waals surface area contributed by atoms with Gasteiger partial charge < -0.3 is 14.4 Å². The quantitative estimate of drug-likeness (QED) is 0.398. The summed E-state index contributed by atoms with van der Waals surface area (Å²) in [5.41, 5.74) is 2.21. The third kappa shape index (κ3) is 6.87. The van der Waals surface area contributed by atoms with E-state index in [1.807, 2.05) is 30.3 Å². The molecule has 5 nitrogen and oxygen atoms in total. The standard InChI is InChI=1S/C23H21Cl2NO4S/c24-18-7-4-8-19(25)23(18)31(29)15-17-9-11-21(20(26-17)10-12-22(27)28)30-14-13-16-5-2-1-3-6-16/h1-9,11H,10,12-15H2,(H,27,28). The Morgan fingerprint density at radius 1 is 1.00 bits per heavy atom. The third-order valence-electron chi connectivity index (χ3n) is 4.48. The summed E-state index contributed by atoms with van der Waals surface area (Å²) < 4.78 is 18.7. The molecule has 0 spiro atoms. The Bertz CT molecular complexity index is 1010. The number of hydrogen-bond donors (Lipinski definition) is 1. The highest BCUT2D eigenvalue weighted by molar-refractivity contribution is 7.90. The average Bonchev–Trinajstić information content (AvgIpc) is 2.74. The molecule has 2 aromatic carbocycles. The Morgan fingerprint density at radius 3 is 2.39 bits per heavy atom. The largest absolute Gasteiger partial charge is 0.611 e. The summed E-state index contributed by atoms with van der Waals surface area (Å²) in [4.78, 5) is 16.0. The molecule has 8 heteroatoms. The zero-order valence-electron chi connectivity index (χ0n) is 16.6. The van der Waals surface area contributed by atoms with E-state index >= 15 is 0 Å². The fraction of sp³-hybridized carbons (Fsp3) is 0.217. The summed E-state index contributed by atoms with van der Waals surface area (Å²) in [6.07, 6.45) is 0.851. The summed E-state index contributed by atoms with van der Waals surface area (Å²) in [6.45, 7) is 0.437. The van der Waals surface area contributed by atoms with Gasteiger partial charge >= 0.3 is 5.97 Å². The summed E-state index contributed by atoms with van der Waals surface area (Å²) >= 11 is 10.8. The number of ether oxygens (including phenoxy) is 1. The Balaban J connectivity index is 1.74. The second-order valence-electron chi connectivity index (χ2n) is 6.77. The first-order valence-electron chi connectivity index (χ1n) is 9.63. The van der Waals surface area contributed by atoms with E-state index in [1.165, 1.54) is 0 Å². The normalized spacial score (nSPS) is 11.8. The minimum absolute atomic E-state index is 0.0784. The molecule has 1 heterocycles. The number of carboxylic acid groups (broad SMARTS) is 1. The van der Waals surface area contributed by atoms with Crippen LogP contribution in [0.3, 0.4) is 0 Å². The molecule has 0 aliphatic carbocycles. The molecule has 1 unspecified atom stereocenters. The van der Waals surface area contributed by atoms with Crippen LogP contribution in [0.25, 0.3) is 0 Å². The minimum Gasteiger partial charge on any atom is -0.611 e. The van der Waals surface area contributed by atoms with Gasteiger partial charge in [-0.1, -0.05) is 59.6 Å². The lowest BCUT2D eigenvalue weighted by molar-refractivity contribution is -0.136. The van der Waals surface area contributed by atoms with Crippen LogP contribution in [0.2, 0.25) is 10.0 Å². The number of aryl methyl sites for hydroxylation is 1. The molecule has 3 aromatic rings. The summed E-state index contributed by atoms with van der Waals surface area (Å²) in [5.74, 6) is -0.287. The number of aromatic nitrogens is 1. The van der Waals surface area contributed by atoms with Gasteiger partial charge in [-0.25, -0.2) is 4.98 Å². The number of pyridine rings is 1. The highest BCUT2D eigenvalue weighted by Crippen LogP contribution is 2.31. The van der Waals surface area contributed by atoms with Gasteiger partial charge in [0.05, 0.1) is 34.5 Å². The van der Waals surface area contributed by atoms with Crippen molar-refractivity contribution in [3.8, 4) is 5.75 Å². The van der Waals surface area contributed by atoms with Crippen molar-refractivity contribution in [3.05, 3.63) is 87.7 Å². The van der Waals surface area contributed by atoms with Crippen molar-refractivity contribution in [3.63, 3.8) is 0 Å². The van der Waals surface area contributed by atoms with E-state index in [9.17, 15) is 9.35 Å². The van der Waals surface area contributed by atoms with Crippen molar-refractivity contribution in [2.45, 2.75) is 29.9 Å². The van der Waals surface area contributed by atoms with E-state index in [0.717, 1.165) is 12.0 Å². The predicted octanol–water partition coefficient (Wildman–Crippen LogP) is 5.33. The zero-order chi connectivity index (χ0) is 22.2. The van der Waals surface area contributed by atoms with Gasteiger partial charge in [0.1, 0.15) is 5.75 Å². The molecule has 31 heavy (non-hydrogen) atoms. The topological polar surface area (TPSA) is 82.5 Å². The molecule has 162 valence electrons. The number of halogens is 2. The Kier molecular flexibility index (Phi) is 8.60. The molecule has 1 aromatic heterocycles. The molecule has 1 N–H and O–H groups in total. The van der Waals surface area contributed by atoms with Crippen molar-refractivity contribution in [1.29, 1.82) is 0 Å². The molecule has 0 radical (unpaired) electrons. The smallest absolute Gasteiger partial charge is 0.303 e. The number of hydrogen-bond acceptors (Lipinski definition) is 4. The number of carboxylic acids is 1. The van der Waals surface area contributed by atoms with Crippen LogP contribution < -0.4 is 4.74 Å². The lowest BCUT2D eigenvalue weighted by Crippen LogP contribution is -2.11. The molecule has 0 saturated heterocycles. The van der Waals surface area contributed by atoms with Crippen LogP contribution in [-0.4, -0.2) is 27.2 Å². The fourth-order valence-corrected chi connectivity index (χ4v) is 5.04. The van der Waals surface area contributed by atoms with Crippen molar-refractivity contribution >= 4 is 40.3 Å². The lowest BCUT2D eigenvalue weighted by atomic mass is 10.1. The van der Waals surface area contributed by atoms with E-state index in [-0.39, 0.29) is 18.6 Å². The zero-order valence-corrected chi connectivity index (χ0v) is 18.9. The Labute approximate surface area is 194 Å². The van der Waals surface area contributed by atoms with E-state index < -0.39 is 17.1 Å². The first-order valence-corrected chi connectivity index (χ1v) is 11.7. The van der Waals surface area contributed by atoms with Gasteiger partial charge in [0, 0.05) is 12.8 Å². The lowest BCUT2D eigenvalue weighted by Gasteiger charge is -2.15. The highest BCUT2D eigenvalue weighted by Gasteiger charge is 2.21. The van der Waals surface area contributed by atoms with Crippen molar-refractivity contribution in [2.75, 3.05) is 6.61 Å². The first kappa shape index (κ1) is 23.4. The maximum absolute atomic E-state index is 12.8. The fourth-order valence-electron chi connectivity index (χ4n) is 2.98. The van der Waals surface area contributed by atoms with E-state index in [1.54, 1.807) is 30.3 Å². The minimum atomic E-state index is -1.50. The molecule has 0 amide bonds. The number of benzene rings is 2. The van der Waals surface area contributed by atoms with E-state index in [0.29, 0.717) is 38.7 Å². The van der Waals surface area contributed by atoms with Gasteiger partial charge in [-0.15, -0.1) is 0 Å². The molecular weight excluding hydrogens is 457 g/mol.